The molecule has 1 saturated carbocycles. The van der Waals surface area contributed by atoms with Crippen molar-refractivity contribution in [3.8, 4) is 0 Å². The van der Waals surface area contributed by atoms with Crippen LogP contribution in [-0.2, 0) is 9.59 Å². The molecule has 1 heterocycles. The first kappa shape index (κ1) is 14.0. The van der Waals surface area contributed by atoms with Gasteiger partial charge in [0.1, 0.15) is 0 Å². The van der Waals surface area contributed by atoms with Crippen LogP contribution in [0.1, 0.15) is 40.5 Å². The van der Waals surface area contributed by atoms with Crippen LogP contribution in [0, 0.1) is 22.7 Å². The van der Waals surface area contributed by atoms with E-state index in [4.69, 9.17) is 0 Å². The molecule has 1 aliphatic heterocycles. The van der Waals surface area contributed by atoms with Crippen molar-refractivity contribution in [2.45, 2.75) is 40.5 Å². The Hall–Kier alpha value is -0.380. The smallest absolute Gasteiger partial charge is 0.233 e. The largest absolute Gasteiger partial charge is 0.281 e. The highest BCUT2D eigenvalue weighted by Crippen LogP contribution is 2.63. The zero-order valence-electron chi connectivity index (χ0n) is 11.6. The van der Waals surface area contributed by atoms with Crippen LogP contribution in [0.5, 0.6) is 0 Å². The van der Waals surface area contributed by atoms with Gasteiger partial charge in [-0.05, 0) is 23.7 Å². The van der Waals surface area contributed by atoms with E-state index < -0.39 is 0 Å². The molecule has 0 aromatic heterocycles. The number of fused-ring (bicyclic) bond motifs is 1. The summed E-state index contributed by atoms with van der Waals surface area (Å²) in [5.74, 6) is 0.0166. The van der Waals surface area contributed by atoms with Gasteiger partial charge >= 0.3 is 0 Å². The lowest BCUT2D eigenvalue weighted by atomic mass is 9.84. The highest BCUT2D eigenvalue weighted by Gasteiger charge is 2.72. The summed E-state index contributed by atoms with van der Waals surface area (Å²) in [7, 11) is 0. The number of imide groups is 1. The lowest BCUT2D eigenvalue weighted by molar-refractivity contribution is -0.144. The van der Waals surface area contributed by atoms with Crippen LogP contribution in [0.4, 0.5) is 0 Å². The number of carbonyl (C=O) groups is 2. The van der Waals surface area contributed by atoms with E-state index in [1.807, 2.05) is 13.8 Å². The van der Waals surface area contributed by atoms with Crippen LogP contribution in [0.3, 0.4) is 0 Å². The summed E-state index contributed by atoms with van der Waals surface area (Å²) < 4.78 is 0. The molecule has 0 bridgehead atoms. The Kier molecular flexibility index (Phi) is 3.37. The molecule has 0 aromatic carbocycles. The van der Waals surface area contributed by atoms with Gasteiger partial charge in [0, 0.05) is 11.9 Å². The number of hydrogen-bond donors (Lipinski definition) is 0. The van der Waals surface area contributed by atoms with Crippen LogP contribution in [-0.4, -0.2) is 28.6 Å². The molecule has 4 heteroatoms. The Morgan fingerprint density at radius 1 is 1.17 bits per heavy atom. The second-order valence-corrected chi connectivity index (χ2v) is 6.94. The molecule has 2 atom stereocenters. The second-order valence-electron chi connectivity index (χ2n) is 6.38. The van der Waals surface area contributed by atoms with Crippen molar-refractivity contribution in [1.82, 2.24) is 4.90 Å². The Labute approximate surface area is 117 Å². The highest BCUT2D eigenvalue weighted by molar-refractivity contribution is 9.09. The minimum Gasteiger partial charge on any atom is -0.281 e. The molecule has 18 heavy (non-hydrogen) atoms. The normalized spacial score (nSPS) is 29.7. The molecule has 0 aromatic rings. The first-order chi connectivity index (χ1) is 8.34. The predicted octanol–water partition coefficient (Wildman–Crippen LogP) is 2.83. The first-order valence-corrected chi connectivity index (χ1v) is 7.88. The van der Waals surface area contributed by atoms with Gasteiger partial charge in [0.05, 0.1) is 11.8 Å². The minimum atomic E-state index is -0.0971. The van der Waals surface area contributed by atoms with Gasteiger partial charge in [-0.1, -0.05) is 43.6 Å². The molecule has 0 N–H and O–H groups in total. The Morgan fingerprint density at radius 3 is 1.94 bits per heavy atom. The van der Waals surface area contributed by atoms with Gasteiger partial charge in [-0.25, -0.2) is 0 Å². The zero-order chi connectivity index (χ0) is 13.7. The summed E-state index contributed by atoms with van der Waals surface area (Å²) >= 11 is 3.54. The van der Waals surface area contributed by atoms with Crippen molar-refractivity contribution >= 4 is 27.7 Å². The Morgan fingerprint density at radius 2 is 1.61 bits per heavy atom. The number of hydrogen-bond acceptors (Lipinski definition) is 2. The molecular weight excluding hydrogens is 294 g/mol. The van der Waals surface area contributed by atoms with Crippen LogP contribution in [0.15, 0.2) is 0 Å². The van der Waals surface area contributed by atoms with E-state index in [9.17, 15) is 9.59 Å². The van der Waals surface area contributed by atoms with Crippen molar-refractivity contribution in [3.63, 3.8) is 0 Å². The van der Waals surface area contributed by atoms with Crippen molar-refractivity contribution in [1.29, 1.82) is 0 Å². The van der Waals surface area contributed by atoms with Crippen LogP contribution in [0.25, 0.3) is 0 Å². The summed E-state index contributed by atoms with van der Waals surface area (Å²) in [5.41, 5.74) is -0.0631. The van der Waals surface area contributed by atoms with Gasteiger partial charge in [-0.15, -0.1) is 0 Å². The molecule has 1 aliphatic carbocycles. The van der Waals surface area contributed by atoms with E-state index in [0.717, 1.165) is 18.2 Å². The van der Waals surface area contributed by atoms with E-state index in [1.54, 1.807) is 0 Å². The zero-order valence-corrected chi connectivity index (χ0v) is 13.2. The SMILES string of the molecule is CCC(CC)(CBr)CN1C(=O)C2C(C1=O)C2(C)C. The van der Waals surface area contributed by atoms with E-state index in [0.29, 0.717) is 6.54 Å². The molecule has 102 valence electrons. The van der Waals surface area contributed by atoms with Crippen LogP contribution in [0.2, 0.25) is 0 Å². The maximum atomic E-state index is 12.3. The summed E-state index contributed by atoms with van der Waals surface area (Å²) in [6.07, 6.45) is 1.95. The fourth-order valence-electron chi connectivity index (χ4n) is 3.20. The third kappa shape index (κ3) is 1.75. The number of likely N-dealkylation sites (tertiary alicyclic amines) is 1. The maximum absolute atomic E-state index is 12.3. The van der Waals surface area contributed by atoms with Crippen LogP contribution < -0.4 is 0 Å². The fourth-order valence-corrected chi connectivity index (χ4v) is 4.17. The van der Waals surface area contributed by atoms with E-state index in [2.05, 4.69) is 29.8 Å². The first-order valence-electron chi connectivity index (χ1n) is 6.76. The molecule has 2 amide bonds. The number of rotatable bonds is 5. The number of piperidine rings is 1. The average molecular weight is 316 g/mol. The number of alkyl halides is 1. The molecule has 0 spiro atoms. The molecule has 0 radical (unpaired) electrons. The highest BCUT2D eigenvalue weighted by atomic mass is 79.9. The van der Waals surface area contributed by atoms with E-state index >= 15 is 0 Å². The molecule has 2 fully saturated rings. The second kappa shape index (κ2) is 4.32. The summed E-state index contributed by atoms with van der Waals surface area (Å²) in [6.45, 7) is 8.87. The van der Waals surface area contributed by atoms with Crippen molar-refractivity contribution in [2.24, 2.45) is 22.7 Å². The molecular formula is C14H22BrNO2. The Bertz CT molecular complexity index is 355. The van der Waals surface area contributed by atoms with Crippen molar-refractivity contribution < 1.29 is 9.59 Å². The predicted molar refractivity (Wildman–Crippen MR) is 74.3 cm³/mol. The summed E-state index contributed by atoms with van der Waals surface area (Å²) in [6, 6.07) is 0. The topological polar surface area (TPSA) is 37.4 Å². The van der Waals surface area contributed by atoms with Gasteiger partial charge in [0.25, 0.3) is 0 Å². The molecule has 2 rings (SSSR count). The summed E-state index contributed by atoms with van der Waals surface area (Å²) in [5, 5.41) is 0.836. The number of nitrogens with zero attached hydrogens (tertiary/aromatic N) is 1. The monoisotopic (exact) mass is 315 g/mol. The average Bonchev–Trinajstić information content (AvgIpc) is 2.82. The quantitative estimate of drug-likeness (QED) is 0.578. The number of amides is 2. The van der Waals surface area contributed by atoms with Gasteiger partial charge in [-0.3, -0.25) is 14.5 Å². The molecule has 2 aliphatic rings. The summed E-state index contributed by atoms with van der Waals surface area (Å²) in [4.78, 5) is 26.1. The maximum Gasteiger partial charge on any atom is 0.233 e. The van der Waals surface area contributed by atoms with Gasteiger partial charge in [0.2, 0.25) is 11.8 Å². The van der Waals surface area contributed by atoms with E-state index in [1.165, 1.54) is 4.90 Å². The molecule has 1 saturated heterocycles. The minimum absolute atomic E-state index is 0.0340. The third-order valence-corrected chi connectivity index (χ3v) is 6.36. The van der Waals surface area contributed by atoms with Crippen molar-refractivity contribution in [3.05, 3.63) is 0 Å². The number of carbonyl (C=O) groups excluding carboxylic acids is 2. The Balaban J connectivity index is 2.14. The fraction of sp³-hybridized carbons (Fsp3) is 0.857. The molecule has 2 unspecified atom stereocenters. The van der Waals surface area contributed by atoms with Crippen LogP contribution >= 0.6 is 15.9 Å². The van der Waals surface area contributed by atoms with E-state index in [-0.39, 0.29) is 34.5 Å². The molecule has 3 nitrogen and oxygen atoms in total. The van der Waals surface area contributed by atoms with Gasteiger partial charge in [-0.2, -0.15) is 0 Å². The van der Waals surface area contributed by atoms with Gasteiger partial charge < -0.3 is 0 Å². The standard InChI is InChI=1S/C14H22BrNO2/c1-5-14(6-2,7-15)8-16-11(17)9-10(12(16)18)13(9,3)4/h9-10H,5-8H2,1-4H3. The van der Waals surface area contributed by atoms with Crippen molar-refractivity contribution in [2.75, 3.05) is 11.9 Å². The lowest BCUT2D eigenvalue weighted by Gasteiger charge is -2.34. The number of halogens is 1. The van der Waals surface area contributed by atoms with Gasteiger partial charge in [0.15, 0.2) is 0 Å². The lowest BCUT2D eigenvalue weighted by Crippen LogP contribution is -2.44. The third-order valence-electron chi connectivity index (χ3n) is 5.17.